The molecule has 10 heteroatoms. The molecule has 0 aliphatic carbocycles. The number of rotatable bonds is 6. The molecule has 2 unspecified atom stereocenters. The third-order valence-corrected chi connectivity index (χ3v) is 2.48. The number of sulfonamides is 1. The lowest BCUT2D eigenvalue weighted by Gasteiger charge is -2.17. The molecule has 0 heterocycles. The van der Waals surface area contributed by atoms with Crippen molar-refractivity contribution in [2.75, 3.05) is 12.3 Å². The van der Waals surface area contributed by atoms with Crippen molar-refractivity contribution < 1.29 is 28.2 Å². The fourth-order valence-electron chi connectivity index (χ4n) is 0.888. The number of amides is 2. The number of carbonyl (C=O) groups is 2. The van der Waals surface area contributed by atoms with Crippen molar-refractivity contribution in [2.24, 2.45) is 5.14 Å². The van der Waals surface area contributed by atoms with Crippen LogP contribution in [0.1, 0.15) is 6.92 Å². The van der Waals surface area contributed by atoms with E-state index in [1.807, 2.05) is 5.32 Å². The van der Waals surface area contributed by atoms with Crippen LogP contribution < -0.4 is 15.8 Å². The van der Waals surface area contributed by atoms with Crippen LogP contribution in [0.4, 0.5) is 4.79 Å². The lowest BCUT2D eigenvalue weighted by atomic mass is 10.2. The van der Waals surface area contributed by atoms with Gasteiger partial charge in [-0.05, 0) is 6.92 Å². The highest BCUT2D eigenvalue weighted by molar-refractivity contribution is 7.89. The summed E-state index contributed by atoms with van der Waals surface area (Å²) < 4.78 is 21.0. The second kappa shape index (κ2) is 6.37. The summed E-state index contributed by atoms with van der Waals surface area (Å²) in [5.41, 5.74) is 0. The van der Waals surface area contributed by atoms with Gasteiger partial charge in [0.05, 0.1) is 11.9 Å². The molecule has 0 radical (unpaired) electrons. The maximum absolute atomic E-state index is 11.1. The number of carbonyl (C=O) groups excluding carboxylic acids is 1. The largest absolute Gasteiger partial charge is 0.480 e. The van der Waals surface area contributed by atoms with Crippen LogP contribution >= 0.6 is 0 Å². The quantitative estimate of drug-likeness (QED) is 0.356. The molecule has 17 heavy (non-hydrogen) atoms. The zero-order valence-electron chi connectivity index (χ0n) is 9.08. The van der Waals surface area contributed by atoms with Crippen molar-refractivity contribution in [1.82, 2.24) is 10.6 Å². The normalized spacial score (nSPS) is 14.8. The predicted molar refractivity (Wildman–Crippen MR) is 57.6 cm³/mol. The van der Waals surface area contributed by atoms with Gasteiger partial charge in [-0.25, -0.2) is 23.1 Å². The van der Waals surface area contributed by atoms with E-state index in [0.29, 0.717) is 0 Å². The second-order valence-corrected chi connectivity index (χ2v) is 5.06. The molecule has 0 aromatic carbocycles. The number of carboxylic acids is 1. The van der Waals surface area contributed by atoms with E-state index in [2.05, 4.69) is 10.5 Å². The Kier molecular flexibility index (Phi) is 5.85. The van der Waals surface area contributed by atoms with Gasteiger partial charge in [0, 0.05) is 6.54 Å². The van der Waals surface area contributed by atoms with Crippen molar-refractivity contribution in [3.8, 4) is 0 Å². The highest BCUT2D eigenvalue weighted by Crippen LogP contribution is 1.92. The third-order valence-electron chi connectivity index (χ3n) is 1.71. The molecule has 0 aromatic heterocycles. The number of nitrogens with two attached hydrogens (primary N) is 1. The van der Waals surface area contributed by atoms with Crippen LogP contribution in [0.2, 0.25) is 0 Å². The third kappa shape index (κ3) is 7.49. The molecular weight excluding hydrogens is 254 g/mol. The molecule has 2 atom stereocenters. The Bertz CT molecular complexity index is 379. The molecule has 6 N–H and O–H groups in total. The van der Waals surface area contributed by atoms with E-state index in [4.69, 9.17) is 10.2 Å². The number of aliphatic hydroxyl groups is 1. The van der Waals surface area contributed by atoms with Crippen molar-refractivity contribution >= 4 is 22.0 Å². The summed E-state index contributed by atoms with van der Waals surface area (Å²) in [6.45, 7) is 0.945. The lowest BCUT2D eigenvalue weighted by molar-refractivity contribution is -0.141. The standard InChI is InChI=1S/C7H15N3O6S/c1-4(11)5(6(12)13)10-7(14)9-2-3-17(8,15)16/h4-5,11H,2-3H2,1H3,(H,12,13)(H2,8,15,16)(H2,9,10,14). The zero-order chi connectivity index (χ0) is 13.6. The van der Waals surface area contributed by atoms with E-state index < -0.39 is 39.9 Å². The molecular formula is C7H15N3O6S. The van der Waals surface area contributed by atoms with Gasteiger partial charge in [-0.2, -0.15) is 0 Å². The predicted octanol–water partition coefficient (Wildman–Crippen LogP) is -2.59. The zero-order valence-corrected chi connectivity index (χ0v) is 9.90. The molecule has 0 saturated heterocycles. The smallest absolute Gasteiger partial charge is 0.328 e. The molecule has 100 valence electrons. The molecule has 0 aromatic rings. The Morgan fingerprint density at radius 3 is 2.29 bits per heavy atom. The molecule has 9 nitrogen and oxygen atoms in total. The summed E-state index contributed by atoms with van der Waals surface area (Å²) in [4.78, 5) is 21.7. The number of carboxylic acid groups (broad SMARTS) is 1. The van der Waals surface area contributed by atoms with Crippen molar-refractivity contribution in [3.05, 3.63) is 0 Å². The topological polar surface area (TPSA) is 159 Å². The van der Waals surface area contributed by atoms with E-state index in [1.165, 1.54) is 6.92 Å². The van der Waals surface area contributed by atoms with Crippen LogP contribution in [0.15, 0.2) is 0 Å². The van der Waals surface area contributed by atoms with Gasteiger partial charge in [0.1, 0.15) is 0 Å². The Balaban J connectivity index is 4.13. The average molecular weight is 269 g/mol. The van der Waals surface area contributed by atoms with Crippen LogP contribution in [0, 0.1) is 0 Å². The number of hydrogen-bond acceptors (Lipinski definition) is 5. The van der Waals surface area contributed by atoms with Gasteiger partial charge in [-0.1, -0.05) is 0 Å². The van der Waals surface area contributed by atoms with Crippen LogP contribution in [0.3, 0.4) is 0 Å². The first-order valence-electron chi connectivity index (χ1n) is 4.59. The number of hydrogen-bond donors (Lipinski definition) is 5. The van der Waals surface area contributed by atoms with Gasteiger partial charge in [0.15, 0.2) is 6.04 Å². The van der Waals surface area contributed by atoms with E-state index in [0.717, 1.165) is 0 Å². The highest BCUT2D eigenvalue weighted by Gasteiger charge is 2.24. The molecule has 0 spiro atoms. The van der Waals surface area contributed by atoms with Crippen molar-refractivity contribution in [1.29, 1.82) is 0 Å². The van der Waals surface area contributed by atoms with E-state index in [-0.39, 0.29) is 6.54 Å². The SMILES string of the molecule is CC(O)C(NC(=O)NCCS(N)(=O)=O)C(=O)O. The first-order chi connectivity index (χ1) is 7.63. The number of urea groups is 1. The first kappa shape index (κ1) is 15.6. The van der Waals surface area contributed by atoms with Crippen LogP contribution in [-0.4, -0.2) is 55.1 Å². The maximum Gasteiger partial charge on any atom is 0.328 e. The van der Waals surface area contributed by atoms with Gasteiger partial charge in [0.2, 0.25) is 10.0 Å². The number of aliphatic hydroxyl groups excluding tert-OH is 1. The van der Waals surface area contributed by atoms with Crippen molar-refractivity contribution in [3.63, 3.8) is 0 Å². The Hall–Kier alpha value is -1.39. The van der Waals surface area contributed by atoms with Crippen LogP contribution in [0.25, 0.3) is 0 Å². The Morgan fingerprint density at radius 1 is 1.41 bits per heavy atom. The minimum atomic E-state index is -3.69. The molecule has 0 bridgehead atoms. The molecule has 0 fully saturated rings. The monoisotopic (exact) mass is 269 g/mol. The summed E-state index contributed by atoms with van der Waals surface area (Å²) >= 11 is 0. The van der Waals surface area contributed by atoms with Gasteiger partial charge in [0.25, 0.3) is 0 Å². The number of aliphatic carboxylic acids is 1. The van der Waals surface area contributed by atoms with Gasteiger partial charge in [-0.3, -0.25) is 0 Å². The van der Waals surface area contributed by atoms with Gasteiger partial charge >= 0.3 is 12.0 Å². The van der Waals surface area contributed by atoms with Crippen LogP contribution in [0.5, 0.6) is 0 Å². The van der Waals surface area contributed by atoms with E-state index in [9.17, 15) is 18.0 Å². The van der Waals surface area contributed by atoms with Gasteiger partial charge in [-0.15, -0.1) is 0 Å². The summed E-state index contributed by atoms with van der Waals surface area (Å²) in [5.74, 6) is -1.87. The minimum Gasteiger partial charge on any atom is -0.480 e. The molecule has 0 saturated carbocycles. The van der Waals surface area contributed by atoms with Crippen molar-refractivity contribution in [2.45, 2.75) is 19.1 Å². The number of nitrogens with one attached hydrogen (secondary N) is 2. The fourth-order valence-corrected chi connectivity index (χ4v) is 1.27. The fraction of sp³-hybridized carbons (Fsp3) is 0.714. The lowest BCUT2D eigenvalue weighted by Crippen LogP contribution is -2.51. The molecule has 0 aliphatic heterocycles. The molecule has 0 aliphatic rings. The first-order valence-corrected chi connectivity index (χ1v) is 6.30. The van der Waals surface area contributed by atoms with Crippen LogP contribution in [-0.2, 0) is 14.8 Å². The second-order valence-electron chi connectivity index (χ2n) is 3.32. The Labute approximate surface area is 98.0 Å². The van der Waals surface area contributed by atoms with E-state index in [1.54, 1.807) is 0 Å². The summed E-state index contributed by atoms with van der Waals surface area (Å²) in [5, 5.41) is 26.4. The summed E-state index contributed by atoms with van der Waals surface area (Å²) in [6, 6.07) is -2.37. The van der Waals surface area contributed by atoms with E-state index >= 15 is 0 Å². The average Bonchev–Trinajstić information content (AvgIpc) is 2.10. The Morgan fingerprint density at radius 2 is 1.94 bits per heavy atom. The van der Waals surface area contributed by atoms with Gasteiger partial charge < -0.3 is 20.8 Å². The molecule has 2 amide bonds. The summed E-state index contributed by atoms with van der Waals surface area (Å²) in [6.07, 6.45) is -1.28. The maximum atomic E-state index is 11.1. The molecule has 0 rings (SSSR count). The minimum absolute atomic E-state index is 0.253. The number of primary sulfonamides is 1. The summed E-state index contributed by atoms with van der Waals surface area (Å²) in [7, 11) is -3.69. The highest BCUT2D eigenvalue weighted by atomic mass is 32.2.